The van der Waals surface area contributed by atoms with Crippen molar-refractivity contribution in [2.45, 2.75) is 32.2 Å². The minimum Gasteiger partial charge on any atom is -0.477 e. The number of allylic oxidation sites excluding steroid dienone is 2. The van der Waals surface area contributed by atoms with Gasteiger partial charge in [-0.25, -0.2) is 9.78 Å². The fourth-order valence-corrected chi connectivity index (χ4v) is 3.36. The smallest absolute Gasteiger partial charge is 0.352 e. The summed E-state index contributed by atoms with van der Waals surface area (Å²) in [7, 11) is 0. The third-order valence-corrected chi connectivity index (χ3v) is 4.65. The van der Waals surface area contributed by atoms with Crippen LogP contribution in [0.1, 0.15) is 29.8 Å². The monoisotopic (exact) mass is 290 g/mol. The number of carboxylic acid groups (broad SMARTS) is 1. The number of hydrogen-bond donors (Lipinski definition) is 1. The highest BCUT2D eigenvalue weighted by atomic mass is 32.1. The molecule has 3 heterocycles. The molecule has 2 aliphatic heterocycles. The van der Waals surface area contributed by atoms with Crippen molar-refractivity contribution in [3.8, 4) is 0 Å². The maximum absolute atomic E-state index is 11.6. The van der Waals surface area contributed by atoms with Crippen LogP contribution in [0.4, 0.5) is 0 Å². The minimum atomic E-state index is -1.02. The number of aryl methyl sites for hydroxylation is 1. The van der Waals surface area contributed by atoms with E-state index >= 15 is 0 Å². The van der Waals surface area contributed by atoms with Gasteiger partial charge in [-0.1, -0.05) is 6.08 Å². The van der Waals surface area contributed by atoms with Crippen LogP contribution in [0.5, 0.6) is 0 Å². The van der Waals surface area contributed by atoms with E-state index in [-0.39, 0.29) is 17.6 Å². The molecule has 104 valence electrons. The standard InChI is InChI=1S/C14H14N2O3S/c1-8-11(20-7-15-8)5-3-9-2-4-10-6-12(17)16(10)13(9)14(18)19/h3,5,7,10H,2,4,6H2,1H3,(H,18,19). The van der Waals surface area contributed by atoms with Gasteiger partial charge in [0.05, 0.1) is 11.2 Å². The van der Waals surface area contributed by atoms with Crippen molar-refractivity contribution in [1.82, 2.24) is 9.88 Å². The second-order valence-electron chi connectivity index (χ2n) is 4.97. The number of β-lactam (4-membered cyclic amide) rings is 1. The first-order valence-corrected chi connectivity index (χ1v) is 7.32. The molecule has 1 fully saturated rings. The highest BCUT2D eigenvalue weighted by molar-refractivity contribution is 7.10. The average Bonchev–Trinajstić information content (AvgIpc) is 2.80. The molecule has 1 N–H and O–H groups in total. The Morgan fingerprint density at radius 3 is 2.95 bits per heavy atom. The number of carboxylic acids is 1. The molecule has 5 nitrogen and oxygen atoms in total. The first-order chi connectivity index (χ1) is 9.58. The molecule has 1 aromatic rings. The van der Waals surface area contributed by atoms with Crippen molar-refractivity contribution in [2.75, 3.05) is 0 Å². The number of carbonyl (C=O) groups excluding carboxylic acids is 1. The average molecular weight is 290 g/mol. The van der Waals surface area contributed by atoms with Gasteiger partial charge < -0.3 is 10.0 Å². The third-order valence-electron chi connectivity index (χ3n) is 3.76. The molecular weight excluding hydrogens is 276 g/mol. The number of amides is 1. The molecule has 6 heteroatoms. The van der Waals surface area contributed by atoms with Gasteiger partial charge in [0.15, 0.2) is 0 Å². The van der Waals surface area contributed by atoms with Crippen molar-refractivity contribution < 1.29 is 14.7 Å². The first-order valence-electron chi connectivity index (χ1n) is 6.44. The number of nitrogens with zero attached hydrogens (tertiary/aromatic N) is 2. The van der Waals surface area contributed by atoms with Crippen LogP contribution in [-0.2, 0) is 9.59 Å². The molecule has 1 saturated heterocycles. The zero-order chi connectivity index (χ0) is 14.3. The summed E-state index contributed by atoms with van der Waals surface area (Å²) in [5, 5.41) is 9.36. The topological polar surface area (TPSA) is 70.5 Å². The van der Waals surface area contributed by atoms with E-state index in [1.54, 1.807) is 5.51 Å². The first kappa shape index (κ1) is 13.1. The van der Waals surface area contributed by atoms with Gasteiger partial charge in [0.1, 0.15) is 5.70 Å². The summed E-state index contributed by atoms with van der Waals surface area (Å²) in [6, 6.07) is 0.0795. The fraction of sp³-hybridized carbons (Fsp3) is 0.357. The van der Waals surface area contributed by atoms with Gasteiger partial charge in [-0.2, -0.15) is 0 Å². The summed E-state index contributed by atoms with van der Waals surface area (Å²) in [6.45, 7) is 1.92. The van der Waals surface area contributed by atoms with Crippen LogP contribution in [-0.4, -0.2) is 32.9 Å². The highest BCUT2D eigenvalue weighted by Crippen LogP contribution is 2.37. The van der Waals surface area contributed by atoms with E-state index in [2.05, 4.69) is 4.98 Å². The fourth-order valence-electron chi connectivity index (χ4n) is 2.67. The van der Waals surface area contributed by atoms with Crippen molar-refractivity contribution in [2.24, 2.45) is 0 Å². The lowest BCUT2D eigenvalue weighted by atomic mass is 9.87. The van der Waals surface area contributed by atoms with Crippen LogP contribution in [0.3, 0.4) is 0 Å². The van der Waals surface area contributed by atoms with Crippen LogP contribution in [0.15, 0.2) is 22.9 Å². The minimum absolute atomic E-state index is 0.0795. The Morgan fingerprint density at radius 2 is 2.35 bits per heavy atom. The van der Waals surface area contributed by atoms with E-state index < -0.39 is 5.97 Å². The van der Waals surface area contributed by atoms with Gasteiger partial charge in [-0.05, 0) is 31.4 Å². The summed E-state index contributed by atoms with van der Waals surface area (Å²) in [5.41, 5.74) is 3.56. The molecule has 0 spiro atoms. The summed E-state index contributed by atoms with van der Waals surface area (Å²) in [4.78, 5) is 29.6. The predicted octanol–water partition coefficient (Wildman–Crippen LogP) is 2.20. The van der Waals surface area contributed by atoms with Crippen LogP contribution >= 0.6 is 11.3 Å². The van der Waals surface area contributed by atoms with Gasteiger partial charge in [-0.3, -0.25) is 4.79 Å². The Bertz CT molecular complexity index is 645. The van der Waals surface area contributed by atoms with E-state index in [4.69, 9.17) is 0 Å². The van der Waals surface area contributed by atoms with Gasteiger partial charge in [0, 0.05) is 17.3 Å². The maximum atomic E-state index is 11.6. The van der Waals surface area contributed by atoms with Crippen LogP contribution in [0.25, 0.3) is 6.08 Å². The van der Waals surface area contributed by atoms with Gasteiger partial charge in [-0.15, -0.1) is 11.3 Å². The quantitative estimate of drug-likeness (QED) is 0.866. The second-order valence-corrected chi connectivity index (χ2v) is 5.86. The second kappa shape index (κ2) is 4.86. The third kappa shape index (κ3) is 2.06. The molecule has 1 unspecified atom stereocenters. The zero-order valence-corrected chi connectivity index (χ0v) is 11.8. The number of hydrogen-bond acceptors (Lipinski definition) is 4. The number of aromatic nitrogens is 1. The van der Waals surface area contributed by atoms with Crippen molar-refractivity contribution in [3.63, 3.8) is 0 Å². The summed E-state index contributed by atoms with van der Waals surface area (Å²) in [5.74, 6) is -1.12. The van der Waals surface area contributed by atoms with E-state index in [1.807, 2.05) is 19.1 Å². The SMILES string of the molecule is Cc1ncsc1C=CC1=C(C(=O)O)N2C(=O)CC2CC1. The van der Waals surface area contributed by atoms with Crippen molar-refractivity contribution in [3.05, 3.63) is 33.4 Å². The molecule has 0 bridgehead atoms. The Labute approximate surface area is 120 Å². The van der Waals surface area contributed by atoms with E-state index in [1.165, 1.54) is 16.2 Å². The molecule has 1 amide bonds. The molecule has 20 heavy (non-hydrogen) atoms. The molecule has 3 rings (SSSR count). The Kier molecular flexibility index (Phi) is 3.17. The highest BCUT2D eigenvalue weighted by Gasteiger charge is 2.44. The lowest BCUT2D eigenvalue weighted by Crippen LogP contribution is -2.55. The predicted molar refractivity (Wildman–Crippen MR) is 75.0 cm³/mol. The van der Waals surface area contributed by atoms with Gasteiger partial charge in [0.2, 0.25) is 5.91 Å². The molecule has 1 aromatic heterocycles. The number of rotatable bonds is 3. The number of thiazole rings is 1. The van der Waals surface area contributed by atoms with E-state index in [9.17, 15) is 14.7 Å². The maximum Gasteiger partial charge on any atom is 0.352 e. The van der Waals surface area contributed by atoms with Crippen molar-refractivity contribution in [1.29, 1.82) is 0 Å². The Balaban J connectivity index is 1.95. The molecule has 1 atom stereocenters. The molecule has 0 saturated carbocycles. The number of carbonyl (C=O) groups is 2. The molecular formula is C14H14N2O3S. The van der Waals surface area contributed by atoms with E-state index in [0.29, 0.717) is 12.8 Å². The van der Waals surface area contributed by atoms with Crippen LogP contribution in [0, 0.1) is 6.92 Å². The van der Waals surface area contributed by atoms with Crippen LogP contribution in [0.2, 0.25) is 0 Å². The number of aliphatic carboxylic acids is 1. The normalized spacial score (nSPS) is 22.1. The number of fused-ring (bicyclic) bond motifs is 1. The Hall–Kier alpha value is -1.95. The van der Waals surface area contributed by atoms with E-state index in [0.717, 1.165) is 22.6 Å². The van der Waals surface area contributed by atoms with Crippen LogP contribution < -0.4 is 0 Å². The van der Waals surface area contributed by atoms with Crippen molar-refractivity contribution >= 4 is 29.3 Å². The summed E-state index contributed by atoms with van der Waals surface area (Å²) < 4.78 is 0. The largest absolute Gasteiger partial charge is 0.477 e. The zero-order valence-electron chi connectivity index (χ0n) is 11.0. The van der Waals surface area contributed by atoms with Gasteiger partial charge in [0.25, 0.3) is 0 Å². The molecule has 2 aliphatic rings. The van der Waals surface area contributed by atoms with Gasteiger partial charge >= 0.3 is 5.97 Å². The lowest BCUT2D eigenvalue weighted by Gasteiger charge is -2.44. The summed E-state index contributed by atoms with van der Waals surface area (Å²) >= 11 is 1.52. The summed E-state index contributed by atoms with van der Waals surface area (Å²) in [6.07, 6.45) is 5.71. The Morgan fingerprint density at radius 1 is 1.55 bits per heavy atom. The molecule has 0 radical (unpaired) electrons. The lowest BCUT2D eigenvalue weighted by molar-refractivity contribution is -0.150. The molecule has 0 aliphatic carbocycles. The molecule has 0 aromatic carbocycles.